The first-order chi connectivity index (χ1) is 9.20. The minimum atomic E-state index is -0.362. The molecule has 1 aliphatic rings. The van der Waals surface area contributed by atoms with E-state index in [0.717, 1.165) is 25.7 Å². The first-order valence-electron chi connectivity index (χ1n) is 6.94. The number of carbonyl (C=O) groups is 1. The number of carbonyl (C=O) groups excluding carboxylic acids is 1. The fraction of sp³-hybridized carbons (Fsp3) is 0.533. The molecule has 1 aromatic carbocycles. The van der Waals surface area contributed by atoms with E-state index in [4.69, 9.17) is 4.74 Å². The maximum atomic E-state index is 13.2. The minimum Gasteiger partial charge on any atom is -0.492 e. The molecule has 1 saturated carbocycles. The highest BCUT2D eigenvalue weighted by Crippen LogP contribution is 2.29. The Morgan fingerprint density at radius 2 is 2.11 bits per heavy atom. The van der Waals surface area contributed by atoms with Crippen LogP contribution in [0, 0.1) is 11.7 Å². The molecule has 2 rings (SSSR count). The van der Waals surface area contributed by atoms with Crippen LogP contribution < -0.4 is 10.1 Å². The van der Waals surface area contributed by atoms with E-state index in [9.17, 15) is 9.18 Å². The molecule has 0 aromatic heterocycles. The first kappa shape index (κ1) is 13.8. The lowest BCUT2D eigenvalue weighted by Gasteiger charge is -2.21. The van der Waals surface area contributed by atoms with Crippen LogP contribution in [-0.4, -0.2) is 12.5 Å². The summed E-state index contributed by atoms with van der Waals surface area (Å²) in [6, 6.07) is 4.19. The highest BCUT2D eigenvalue weighted by atomic mass is 19.1. The van der Waals surface area contributed by atoms with Crippen molar-refractivity contribution in [2.45, 2.75) is 39.0 Å². The number of ether oxygens (including phenoxy) is 1. The van der Waals surface area contributed by atoms with Crippen LogP contribution in [0.15, 0.2) is 18.2 Å². The Kier molecular flexibility index (Phi) is 4.77. The standard InChI is InChI=1S/C15H20FNO2/c1-2-19-14-10-12(16)8-9-13(14)17-15(18)11-6-4-3-5-7-11/h8-11H,2-7H2,1H3,(H,17,18). The highest BCUT2D eigenvalue weighted by molar-refractivity contribution is 5.94. The van der Waals surface area contributed by atoms with E-state index in [2.05, 4.69) is 5.32 Å². The van der Waals surface area contributed by atoms with E-state index in [0.29, 0.717) is 18.0 Å². The minimum absolute atomic E-state index is 0.0206. The number of hydrogen-bond acceptors (Lipinski definition) is 2. The van der Waals surface area contributed by atoms with E-state index in [1.807, 2.05) is 6.92 Å². The smallest absolute Gasteiger partial charge is 0.227 e. The van der Waals surface area contributed by atoms with Crippen LogP contribution in [0.4, 0.5) is 10.1 Å². The Bertz CT molecular complexity index is 442. The first-order valence-corrected chi connectivity index (χ1v) is 6.94. The molecular formula is C15H20FNO2. The summed E-state index contributed by atoms with van der Waals surface area (Å²) in [5.74, 6) is 0.131. The van der Waals surface area contributed by atoms with Crippen molar-refractivity contribution in [2.24, 2.45) is 5.92 Å². The fourth-order valence-electron chi connectivity index (χ4n) is 2.47. The normalized spacial score (nSPS) is 16.1. The monoisotopic (exact) mass is 265 g/mol. The number of benzene rings is 1. The topological polar surface area (TPSA) is 38.3 Å². The van der Waals surface area contributed by atoms with Gasteiger partial charge in [-0.15, -0.1) is 0 Å². The quantitative estimate of drug-likeness (QED) is 0.900. The molecule has 1 fully saturated rings. The van der Waals surface area contributed by atoms with Gasteiger partial charge in [0.25, 0.3) is 0 Å². The molecular weight excluding hydrogens is 245 g/mol. The van der Waals surface area contributed by atoms with Gasteiger partial charge in [-0.05, 0) is 31.9 Å². The molecule has 19 heavy (non-hydrogen) atoms. The largest absolute Gasteiger partial charge is 0.492 e. The second kappa shape index (κ2) is 6.55. The molecule has 0 saturated heterocycles. The van der Waals surface area contributed by atoms with Crippen LogP contribution in [0.1, 0.15) is 39.0 Å². The van der Waals surface area contributed by atoms with E-state index >= 15 is 0 Å². The van der Waals surface area contributed by atoms with E-state index < -0.39 is 0 Å². The Hall–Kier alpha value is -1.58. The SMILES string of the molecule is CCOc1cc(F)ccc1NC(=O)C1CCCCC1. The maximum Gasteiger partial charge on any atom is 0.227 e. The third-order valence-electron chi connectivity index (χ3n) is 3.48. The van der Waals surface area contributed by atoms with Gasteiger partial charge in [-0.2, -0.15) is 0 Å². The van der Waals surface area contributed by atoms with Crippen LogP contribution in [0.5, 0.6) is 5.75 Å². The molecule has 1 aromatic rings. The van der Waals surface area contributed by atoms with Crippen molar-refractivity contribution in [3.63, 3.8) is 0 Å². The van der Waals surface area contributed by atoms with E-state index in [-0.39, 0.29) is 17.6 Å². The Labute approximate surface area is 113 Å². The summed E-state index contributed by atoms with van der Waals surface area (Å²) in [5.41, 5.74) is 0.554. The summed E-state index contributed by atoms with van der Waals surface area (Å²) in [5, 5.41) is 2.86. The van der Waals surface area contributed by atoms with Gasteiger partial charge in [-0.25, -0.2) is 4.39 Å². The fourth-order valence-corrected chi connectivity index (χ4v) is 2.47. The van der Waals surface area contributed by atoms with Gasteiger partial charge in [0.15, 0.2) is 0 Å². The summed E-state index contributed by atoms with van der Waals surface area (Å²) in [6.45, 7) is 2.27. The predicted molar refractivity (Wildman–Crippen MR) is 72.8 cm³/mol. The van der Waals surface area contributed by atoms with E-state index in [1.54, 1.807) is 6.07 Å². The van der Waals surface area contributed by atoms with Crippen molar-refractivity contribution in [3.8, 4) is 5.75 Å². The molecule has 1 amide bonds. The number of anilines is 1. The van der Waals surface area contributed by atoms with Crippen molar-refractivity contribution in [3.05, 3.63) is 24.0 Å². The number of halogens is 1. The molecule has 0 heterocycles. The third-order valence-corrected chi connectivity index (χ3v) is 3.48. The third kappa shape index (κ3) is 3.69. The Balaban J connectivity index is 2.06. The lowest BCUT2D eigenvalue weighted by molar-refractivity contribution is -0.120. The molecule has 104 valence electrons. The molecule has 0 radical (unpaired) electrons. The van der Waals surface area contributed by atoms with Gasteiger partial charge in [0.2, 0.25) is 5.91 Å². The lowest BCUT2D eigenvalue weighted by Crippen LogP contribution is -2.25. The van der Waals surface area contributed by atoms with Gasteiger partial charge in [0.05, 0.1) is 12.3 Å². The van der Waals surface area contributed by atoms with Gasteiger partial charge >= 0.3 is 0 Å². The molecule has 0 spiro atoms. The molecule has 1 N–H and O–H groups in total. The average Bonchev–Trinajstić information content (AvgIpc) is 2.43. The Morgan fingerprint density at radius 1 is 1.37 bits per heavy atom. The summed E-state index contributed by atoms with van der Waals surface area (Å²) >= 11 is 0. The summed E-state index contributed by atoms with van der Waals surface area (Å²) in [4.78, 5) is 12.1. The Morgan fingerprint density at radius 3 is 2.79 bits per heavy atom. The molecule has 0 bridgehead atoms. The molecule has 0 aliphatic heterocycles. The zero-order valence-corrected chi connectivity index (χ0v) is 11.2. The van der Waals surface area contributed by atoms with Crippen molar-refractivity contribution in [1.29, 1.82) is 0 Å². The second-order valence-electron chi connectivity index (χ2n) is 4.90. The summed E-state index contributed by atoms with van der Waals surface area (Å²) in [7, 11) is 0. The van der Waals surface area contributed by atoms with Gasteiger partial charge in [-0.1, -0.05) is 19.3 Å². The number of rotatable bonds is 4. The van der Waals surface area contributed by atoms with Crippen LogP contribution in [0.3, 0.4) is 0 Å². The average molecular weight is 265 g/mol. The maximum absolute atomic E-state index is 13.2. The number of nitrogens with one attached hydrogen (secondary N) is 1. The van der Waals surface area contributed by atoms with Crippen molar-refractivity contribution in [1.82, 2.24) is 0 Å². The molecule has 4 heteroatoms. The van der Waals surface area contributed by atoms with Gasteiger partial charge < -0.3 is 10.1 Å². The van der Waals surface area contributed by atoms with Crippen LogP contribution in [-0.2, 0) is 4.79 Å². The zero-order chi connectivity index (χ0) is 13.7. The van der Waals surface area contributed by atoms with Crippen molar-refractivity contribution in [2.75, 3.05) is 11.9 Å². The summed E-state index contributed by atoms with van der Waals surface area (Å²) in [6.07, 6.45) is 5.32. The highest BCUT2D eigenvalue weighted by Gasteiger charge is 2.22. The zero-order valence-electron chi connectivity index (χ0n) is 11.2. The lowest BCUT2D eigenvalue weighted by atomic mass is 9.88. The van der Waals surface area contributed by atoms with Crippen molar-refractivity contribution >= 4 is 11.6 Å². The predicted octanol–water partition coefficient (Wildman–Crippen LogP) is 3.74. The van der Waals surface area contributed by atoms with Gasteiger partial charge in [-0.3, -0.25) is 4.79 Å². The second-order valence-corrected chi connectivity index (χ2v) is 4.90. The molecule has 0 atom stereocenters. The number of amides is 1. The number of hydrogen-bond donors (Lipinski definition) is 1. The molecule has 0 unspecified atom stereocenters. The van der Waals surface area contributed by atoms with Crippen molar-refractivity contribution < 1.29 is 13.9 Å². The van der Waals surface area contributed by atoms with Crippen LogP contribution in [0.2, 0.25) is 0 Å². The van der Waals surface area contributed by atoms with Gasteiger partial charge in [0.1, 0.15) is 11.6 Å². The van der Waals surface area contributed by atoms with Gasteiger partial charge in [0, 0.05) is 12.0 Å². The van der Waals surface area contributed by atoms with Crippen LogP contribution >= 0.6 is 0 Å². The van der Waals surface area contributed by atoms with E-state index in [1.165, 1.54) is 18.6 Å². The molecule has 3 nitrogen and oxygen atoms in total. The molecule has 1 aliphatic carbocycles. The summed E-state index contributed by atoms with van der Waals surface area (Å²) < 4.78 is 18.5. The van der Waals surface area contributed by atoms with Crippen LogP contribution in [0.25, 0.3) is 0 Å².